The minimum Gasteiger partial charge on any atom is -0.484 e. The number of hydrazine groups is 1. The maximum atomic E-state index is 11.8. The highest BCUT2D eigenvalue weighted by Crippen LogP contribution is 2.25. The van der Waals surface area contributed by atoms with E-state index in [0.717, 1.165) is 11.1 Å². The highest BCUT2D eigenvalue weighted by atomic mass is 35.5. The van der Waals surface area contributed by atoms with Crippen LogP contribution in [0.1, 0.15) is 16.9 Å². The summed E-state index contributed by atoms with van der Waals surface area (Å²) in [6.45, 7) is 3.47. The quantitative estimate of drug-likeness (QED) is 0.401. The number of amides is 2. The van der Waals surface area contributed by atoms with Gasteiger partial charge in [0, 0.05) is 11.1 Å². The first-order chi connectivity index (χ1) is 12.8. The number of carbonyl (C=O) groups is 2. The molecule has 2 aromatic rings. The number of carbonyl (C=O) groups excluding carboxylic acids is 2. The Balaban J connectivity index is 1.71. The molecule has 0 aliphatic carbocycles. The van der Waals surface area contributed by atoms with Gasteiger partial charge in [-0.1, -0.05) is 11.6 Å². The molecule has 1 aromatic carbocycles. The average Bonchev–Trinajstić information content (AvgIpc) is 3.14. The number of thiocarbonyl (C=S) groups is 1. The Morgan fingerprint density at radius 3 is 2.59 bits per heavy atom. The van der Waals surface area contributed by atoms with E-state index in [1.165, 1.54) is 18.4 Å². The molecule has 0 unspecified atom stereocenters. The van der Waals surface area contributed by atoms with E-state index in [-0.39, 0.29) is 11.7 Å². The van der Waals surface area contributed by atoms with Crippen LogP contribution in [-0.2, 0) is 9.59 Å². The first kappa shape index (κ1) is 20.5. The summed E-state index contributed by atoms with van der Waals surface area (Å²) in [5, 5.41) is 2.98. The van der Waals surface area contributed by atoms with E-state index in [2.05, 4.69) is 16.2 Å². The number of ether oxygens (including phenoxy) is 1. The van der Waals surface area contributed by atoms with E-state index in [9.17, 15) is 9.59 Å². The molecule has 0 atom stereocenters. The number of nitrogens with one attached hydrogen (secondary N) is 3. The van der Waals surface area contributed by atoms with Crippen molar-refractivity contribution < 1.29 is 18.7 Å². The lowest BCUT2D eigenvalue weighted by atomic mass is 10.1. The van der Waals surface area contributed by atoms with Gasteiger partial charge in [0.1, 0.15) is 11.5 Å². The normalized spacial score (nSPS) is 10.5. The van der Waals surface area contributed by atoms with Crippen molar-refractivity contribution in [2.75, 3.05) is 6.61 Å². The van der Waals surface area contributed by atoms with Crippen molar-refractivity contribution in [3.8, 4) is 5.75 Å². The van der Waals surface area contributed by atoms with Crippen LogP contribution in [0.3, 0.4) is 0 Å². The van der Waals surface area contributed by atoms with Gasteiger partial charge in [-0.15, -0.1) is 0 Å². The van der Waals surface area contributed by atoms with Crippen LogP contribution in [0.15, 0.2) is 41.0 Å². The molecule has 2 amide bonds. The molecule has 27 heavy (non-hydrogen) atoms. The molecule has 0 aliphatic heterocycles. The Bertz CT molecular complexity index is 842. The monoisotopic (exact) mass is 407 g/mol. The van der Waals surface area contributed by atoms with E-state index in [0.29, 0.717) is 16.5 Å². The summed E-state index contributed by atoms with van der Waals surface area (Å²) in [7, 11) is 0. The van der Waals surface area contributed by atoms with Crippen molar-refractivity contribution in [3.63, 3.8) is 0 Å². The van der Waals surface area contributed by atoms with Gasteiger partial charge in [-0.25, -0.2) is 0 Å². The van der Waals surface area contributed by atoms with Gasteiger partial charge in [-0.2, -0.15) is 0 Å². The number of halogens is 1. The Labute approximate surface area is 166 Å². The number of hydrogen-bond acceptors (Lipinski definition) is 5. The summed E-state index contributed by atoms with van der Waals surface area (Å²) in [5.74, 6) is 0.121. The van der Waals surface area contributed by atoms with Crippen LogP contribution < -0.4 is 20.9 Å². The fraction of sp³-hybridized carbons (Fsp3) is 0.167. The summed E-state index contributed by atoms with van der Waals surface area (Å²) in [6, 6.07) is 6.89. The Hall–Kier alpha value is -2.84. The number of furan rings is 1. The largest absolute Gasteiger partial charge is 0.484 e. The molecule has 9 heteroatoms. The molecule has 0 radical (unpaired) electrons. The molecular weight excluding hydrogens is 390 g/mol. The lowest BCUT2D eigenvalue weighted by molar-refractivity contribution is -0.123. The molecule has 3 N–H and O–H groups in total. The second kappa shape index (κ2) is 9.75. The van der Waals surface area contributed by atoms with Gasteiger partial charge in [-0.3, -0.25) is 25.8 Å². The number of hydrogen-bond donors (Lipinski definition) is 3. The summed E-state index contributed by atoms with van der Waals surface area (Å²) < 4.78 is 10.5. The molecule has 0 fully saturated rings. The molecule has 0 saturated heterocycles. The fourth-order valence-corrected chi connectivity index (χ4v) is 2.29. The first-order valence-corrected chi connectivity index (χ1v) is 8.64. The summed E-state index contributed by atoms with van der Waals surface area (Å²) in [6.07, 6.45) is 4.23. The maximum Gasteiger partial charge on any atom is 0.276 e. The zero-order valence-corrected chi connectivity index (χ0v) is 16.2. The van der Waals surface area contributed by atoms with Crippen LogP contribution in [0, 0.1) is 13.8 Å². The SMILES string of the molecule is Cc1cc(OCC(=O)NNC(=S)NC(=O)/C=C/c2ccco2)cc(C)c1Cl. The van der Waals surface area contributed by atoms with Crippen LogP contribution in [0.2, 0.25) is 5.02 Å². The molecule has 1 aromatic heterocycles. The van der Waals surface area contributed by atoms with Gasteiger partial charge < -0.3 is 9.15 Å². The Morgan fingerprint density at radius 1 is 1.26 bits per heavy atom. The lowest BCUT2D eigenvalue weighted by Gasteiger charge is -2.12. The third kappa shape index (κ3) is 6.76. The van der Waals surface area contributed by atoms with E-state index < -0.39 is 11.8 Å². The van der Waals surface area contributed by atoms with Crippen molar-refractivity contribution in [2.45, 2.75) is 13.8 Å². The zero-order chi connectivity index (χ0) is 19.8. The second-order valence-corrected chi connectivity index (χ2v) is 6.29. The summed E-state index contributed by atoms with van der Waals surface area (Å²) >= 11 is 11.0. The highest BCUT2D eigenvalue weighted by molar-refractivity contribution is 7.80. The molecule has 0 aliphatic rings. The second-order valence-electron chi connectivity index (χ2n) is 5.50. The Kier molecular flexibility index (Phi) is 7.39. The molecule has 0 bridgehead atoms. The minimum atomic E-state index is -0.471. The zero-order valence-electron chi connectivity index (χ0n) is 14.7. The molecule has 7 nitrogen and oxygen atoms in total. The smallest absolute Gasteiger partial charge is 0.276 e. The highest BCUT2D eigenvalue weighted by Gasteiger charge is 2.07. The van der Waals surface area contributed by atoms with Crippen LogP contribution in [-0.4, -0.2) is 23.5 Å². The van der Waals surface area contributed by atoms with Gasteiger partial charge in [0.2, 0.25) is 5.91 Å². The molecule has 0 spiro atoms. The van der Waals surface area contributed by atoms with E-state index >= 15 is 0 Å². The molecule has 0 saturated carbocycles. The fourth-order valence-electron chi connectivity index (χ4n) is 2.03. The standard InChI is InChI=1S/C18H18ClN3O4S/c1-11-8-14(9-12(2)17(11)19)26-10-16(24)21-22-18(27)20-15(23)6-5-13-4-3-7-25-13/h3-9H,10H2,1-2H3,(H,21,24)(H2,20,22,23,27)/b6-5+. The topological polar surface area (TPSA) is 92.6 Å². The van der Waals surface area contributed by atoms with Gasteiger partial charge in [0.05, 0.1) is 6.26 Å². The molecule has 2 rings (SSSR count). The third-order valence-electron chi connectivity index (χ3n) is 3.27. The Morgan fingerprint density at radius 2 is 1.96 bits per heavy atom. The summed E-state index contributed by atoms with van der Waals surface area (Å²) in [5.41, 5.74) is 6.46. The van der Waals surface area contributed by atoms with Crippen molar-refractivity contribution in [1.29, 1.82) is 0 Å². The van der Waals surface area contributed by atoms with Crippen LogP contribution >= 0.6 is 23.8 Å². The van der Waals surface area contributed by atoms with E-state index in [4.69, 9.17) is 33.0 Å². The van der Waals surface area contributed by atoms with Gasteiger partial charge in [0.25, 0.3) is 5.91 Å². The predicted molar refractivity (Wildman–Crippen MR) is 106 cm³/mol. The van der Waals surface area contributed by atoms with Crippen molar-refractivity contribution in [2.24, 2.45) is 0 Å². The molecular formula is C18H18ClN3O4S. The third-order valence-corrected chi connectivity index (χ3v) is 4.07. The van der Waals surface area contributed by atoms with E-state index in [1.54, 1.807) is 24.3 Å². The van der Waals surface area contributed by atoms with E-state index in [1.807, 2.05) is 13.8 Å². The number of aryl methyl sites for hydroxylation is 2. The number of rotatable bonds is 5. The van der Waals surface area contributed by atoms with Gasteiger partial charge >= 0.3 is 0 Å². The van der Waals surface area contributed by atoms with Crippen molar-refractivity contribution in [3.05, 3.63) is 58.5 Å². The minimum absolute atomic E-state index is 0.0596. The molecule has 142 valence electrons. The van der Waals surface area contributed by atoms with Crippen LogP contribution in [0.25, 0.3) is 6.08 Å². The lowest BCUT2D eigenvalue weighted by Crippen LogP contribution is -2.49. The van der Waals surface area contributed by atoms with Crippen LogP contribution in [0.5, 0.6) is 5.75 Å². The van der Waals surface area contributed by atoms with Gasteiger partial charge in [0.15, 0.2) is 11.7 Å². The summed E-state index contributed by atoms with van der Waals surface area (Å²) in [4.78, 5) is 23.5. The average molecular weight is 408 g/mol. The first-order valence-electron chi connectivity index (χ1n) is 7.86. The number of benzene rings is 1. The maximum absolute atomic E-state index is 11.8. The van der Waals surface area contributed by atoms with Crippen molar-refractivity contribution >= 4 is 46.8 Å². The van der Waals surface area contributed by atoms with Gasteiger partial charge in [-0.05, 0) is 67.5 Å². The van der Waals surface area contributed by atoms with Crippen molar-refractivity contribution in [1.82, 2.24) is 16.2 Å². The molecule has 1 heterocycles. The van der Waals surface area contributed by atoms with Crippen LogP contribution in [0.4, 0.5) is 0 Å². The predicted octanol–water partition coefficient (Wildman–Crippen LogP) is 2.66.